The van der Waals surface area contributed by atoms with E-state index >= 15 is 0 Å². The number of aryl methyl sites for hydroxylation is 2. The largest absolute Gasteiger partial charge is 0.340 e. The highest BCUT2D eigenvalue weighted by atomic mass is 16.1. The fourth-order valence-electron chi connectivity index (χ4n) is 4.31. The van der Waals surface area contributed by atoms with Gasteiger partial charge in [-0.2, -0.15) is 0 Å². The number of carbonyl (C=O) groups is 1. The highest BCUT2D eigenvalue weighted by Gasteiger charge is 2.28. The summed E-state index contributed by atoms with van der Waals surface area (Å²) in [6.07, 6.45) is 7.35. The number of amides is 1. The van der Waals surface area contributed by atoms with Crippen molar-refractivity contribution in [2.24, 2.45) is 5.92 Å². The maximum absolute atomic E-state index is 12.9. The van der Waals surface area contributed by atoms with Crippen molar-refractivity contribution in [3.8, 4) is 0 Å². The first-order valence-corrected chi connectivity index (χ1v) is 9.75. The summed E-state index contributed by atoms with van der Waals surface area (Å²) >= 11 is 0. The van der Waals surface area contributed by atoms with E-state index in [1.54, 1.807) is 0 Å². The quantitative estimate of drug-likeness (QED) is 0.779. The average Bonchev–Trinajstić information content (AvgIpc) is 3.34. The summed E-state index contributed by atoms with van der Waals surface area (Å²) < 4.78 is 1.99. The highest BCUT2D eigenvalue weighted by molar-refractivity contribution is 5.93. The molecule has 2 aliphatic rings. The van der Waals surface area contributed by atoms with E-state index in [2.05, 4.69) is 32.5 Å². The number of fused-ring (bicyclic) bond motifs is 2. The van der Waals surface area contributed by atoms with Crippen LogP contribution in [0.4, 0.5) is 11.6 Å². The molecule has 1 fully saturated rings. The van der Waals surface area contributed by atoms with E-state index in [0.717, 1.165) is 49.5 Å². The van der Waals surface area contributed by atoms with Crippen molar-refractivity contribution >= 4 is 23.2 Å². The predicted molar refractivity (Wildman–Crippen MR) is 105 cm³/mol. The van der Waals surface area contributed by atoms with E-state index in [4.69, 9.17) is 0 Å². The first kappa shape index (κ1) is 16.3. The first-order chi connectivity index (χ1) is 13.3. The van der Waals surface area contributed by atoms with Crippen LogP contribution in [0.5, 0.6) is 0 Å². The maximum atomic E-state index is 12.9. The number of benzene rings is 1. The van der Waals surface area contributed by atoms with Gasteiger partial charge >= 0.3 is 0 Å². The van der Waals surface area contributed by atoms with Gasteiger partial charge in [-0.3, -0.25) is 9.20 Å². The molecule has 2 aromatic heterocycles. The van der Waals surface area contributed by atoms with Crippen LogP contribution in [0, 0.1) is 5.92 Å². The molecule has 1 aliphatic heterocycles. The smallest absolute Gasteiger partial charge is 0.231 e. The SMILES string of the molecule is O=C(Nc1ccc2c(c1)CCC2)C1CCCN(c2nnc3ccccn23)C1. The summed E-state index contributed by atoms with van der Waals surface area (Å²) in [7, 11) is 0. The van der Waals surface area contributed by atoms with Gasteiger partial charge in [0.05, 0.1) is 5.92 Å². The Morgan fingerprint density at radius 2 is 2.00 bits per heavy atom. The van der Waals surface area contributed by atoms with Gasteiger partial charge in [-0.15, -0.1) is 10.2 Å². The molecule has 3 aromatic rings. The molecule has 0 radical (unpaired) electrons. The van der Waals surface area contributed by atoms with Gasteiger partial charge < -0.3 is 10.2 Å². The third-order valence-corrected chi connectivity index (χ3v) is 5.74. The van der Waals surface area contributed by atoms with Gasteiger partial charge in [0.15, 0.2) is 5.65 Å². The molecule has 6 heteroatoms. The molecular formula is C21H23N5O. The summed E-state index contributed by atoms with van der Waals surface area (Å²) in [6.45, 7) is 1.57. The van der Waals surface area contributed by atoms with Crippen molar-refractivity contribution in [2.45, 2.75) is 32.1 Å². The van der Waals surface area contributed by atoms with E-state index in [1.807, 2.05) is 34.9 Å². The Labute approximate surface area is 158 Å². The van der Waals surface area contributed by atoms with Crippen LogP contribution in [-0.2, 0) is 17.6 Å². The minimum atomic E-state index is -0.0388. The Hall–Kier alpha value is -2.89. The first-order valence-electron chi connectivity index (χ1n) is 9.75. The molecule has 1 N–H and O–H groups in total. The lowest BCUT2D eigenvalue weighted by Crippen LogP contribution is -2.41. The van der Waals surface area contributed by atoms with Crippen molar-refractivity contribution in [1.82, 2.24) is 14.6 Å². The van der Waals surface area contributed by atoms with Crippen LogP contribution in [0.1, 0.15) is 30.4 Å². The number of piperidine rings is 1. The van der Waals surface area contributed by atoms with Crippen LogP contribution >= 0.6 is 0 Å². The van der Waals surface area contributed by atoms with Crippen molar-refractivity contribution in [3.05, 3.63) is 53.7 Å². The Kier molecular flexibility index (Phi) is 4.03. The molecule has 6 nitrogen and oxygen atoms in total. The molecule has 0 saturated carbocycles. The Bertz CT molecular complexity index is 995. The maximum Gasteiger partial charge on any atom is 0.231 e. The van der Waals surface area contributed by atoms with Crippen LogP contribution in [-0.4, -0.2) is 33.6 Å². The minimum absolute atomic E-state index is 0.0388. The number of hydrogen-bond donors (Lipinski definition) is 1. The minimum Gasteiger partial charge on any atom is -0.340 e. The summed E-state index contributed by atoms with van der Waals surface area (Å²) in [4.78, 5) is 15.0. The van der Waals surface area contributed by atoms with E-state index in [0.29, 0.717) is 6.54 Å². The van der Waals surface area contributed by atoms with Gasteiger partial charge in [0.25, 0.3) is 0 Å². The van der Waals surface area contributed by atoms with E-state index in [-0.39, 0.29) is 11.8 Å². The Morgan fingerprint density at radius 3 is 2.96 bits per heavy atom. The van der Waals surface area contributed by atoms with Gasteiger partial charge in [0.1, 0.15) is 0 Å². The van der Waals surface area contributed by atoms with Crippen LogP contribution in [0.2, 0.25) is 0 Å². The van der Waals surface area contributed by atoms with E-state index in [1.165, 1.54) is 17.5 Å². The number of carbonyl (C=O) groups excluding carboxylic acids is 1. The third kappa shape index (κ3) is 3.05. The summed E-state index contributed by atoms with van der Waals surface area (Å²) in [5.74, 6) is 0.884. The lowest BCUT2D eigenvalue weighted by atomic mass is 9.97. The van der Waals surface area contributed by atoms with Crippen LogP contribution in [0.15, 0.2) is 42.6 Å². The van der Waals surface area contributed by atoms with Gasteiger partial charge in [0.2, 0.25) is 11.9 Å². The summed E-state index contributed by atoms with van der Waals surface area (Å²) in [6, 6.07) is 12.2. The molecule has 1 amide bonds. The number of hydrogen-bond acceptors (Lipinski definition) is 4. The van der Waals surface area contributed by atoms with Crippen molar-refractivity contribution < 1.29 is 4.79 Å². The van der Waals surface area contributed by atoms with E-state index in [9.17, 15) is 4.79 Å². The molecule has 138 valence electrons. The molecule has 3 heterocycles. The van der Waals surface area contributed by atoms with Crippen LogP contribution in [0.3, 0.4) is 0 Å². The lowest BCUT2D eigenvalue weighted by Gasteiger charge is -2.32. The number of rotatable bonds is 3. The second-order valence-electron chi connectivity index (χ2n) is 7.54. The predicted octanol–water partition coefficient (Wildman–Crippen LogP) is 3.07. The average molecular weight is 361 g/mol. The molecule has 0 bridgehead atoms. The second kappa shape index (κ2) is 6.68. The molecule has 1 saturated heterocycles. The molecule has 5 rings (SSSR count). The monoisotopic (exact) mass is 361 g/mol. The number of aromatic nitrogens is 3. The fourth-order valence-corrected chi connectivity index (χ4v) is 4.31. The second-order valence-corrected chi connectivity index (χ2v) is 7.54. The summed E-state index contributed by atoms with van der Waals surface area (Å²) in [5.41, 5.74) is 4.56. The standard InChI is InChI=1S/C21H23N5O/c27-20(22-18-10-9-15-5-3-6-16(15)13-18)17-7-4-11-25(14-17)21-24-23-19-8-1-2-12-26(19)21/h1-2,8-10,12-13,17H,3-7,11,14H2,(H,22,27). The summed E-state index contributed by atoms with van der Waals surface area (Å²) in [5, 5.41) is 11.7. The molecule has 1 unspecified atom stereocenters. The lowest BCUT2D eigenvalue weighted by molar-refractivity contribution is -0.120. The number of pyridine rings is 1. The number of nitrogens with one attached hydrogen (secondary N) is 1. The van der Waals surface area contributed by atoms with Gasteiger partial charge in [-0.25, -0.2) is 0 Å². The van der Waals surface area contributed by atoms with Gasteiger partial charge in [-0.05, 0) is 67.5 Å². The molecule has 1 aliphatic carbocycles. The number of anilines is 2. The van der Waals surface area contributed by atoms with Crippen molar-refractivity contribution in [3.63, 3.8) is 0 Å². The van der Waals surface area contributed by atoms with Crippen LogP contribution in [0.25, 0.3) is 5.65 Å². The normalized spacial score (nSPS) is 19.3. The third-order valence-electron chi connectivity index (χ3n) is 5.74. The van der Waals surface area contributed by atoms with E-state index < -0.39 is 0 Å². The molecule has 1 aromatic carbocycles. The molecule has 27 heavy (non-hydrogen) atoms. The molecular weight excluding hydrogens is 338 g/mol. The Balaban J connectivity index is 1.31. The zero-order valence-corrected chi connectivity index (χ0v) is 15.3. The van der Waals surface area contributed by atoms with Crippen molar-refractivity contribution in [2.75, 3.05) is 23.3 Å². The number of nitrogens with zero attached hydrogens (tertiary/aromatic N) is 4. The highest BCUT2D eigenvalue weighted by Crippen LogP contribution is 2.27. The Morgan fingerprint density at radius 1 is 1.07 bits per heavy atom. The fraction of sp³-hybridized carbons (Fsp3) is 0.381. The zero-order chi connectivity index (χ0) is 18.2. The molecule has 1 atom stereocenters. The zero-order valence-electron chi connectivity index (χ0n) is 15.3. The van der Waals surface area contributed by atoms with Gasteiger partial charge in [0, 0.05) is 25.0 Å². The van der Waals surface area contributed by atoms with Crippen LogP contribution < -0.4 is 10.2 Å². The molecule has 0 spiro atoms. The topological polar surface area (TPSA) is 62.5 Å². The van der Waals surface area contributed by atoms with Crippen molar-refractivity contribution in [1.29, 1.82) is 0 Å². The van der Waals surface area contributed by atoms with Gasteiger partial charge in [-0.1, -0.05) is 12.1 Å².